The number of amides is 2. The molecule has 4 nitrogen and oxygen atoms in total. The summed E-state index contributed by atoms with van der Waals surface area (Å²) >= 11 is 6.10. The van der Waals surface area contributed by atoms with Gasteiger partial charge in [-0.05, 0) is 48.4 Å². The number of anilines is 2. The van der Waals surface area contributed by atoms with Gasteiger partial charge in [0.2, 0.25) is 11.8 Å². The van der Waals surface area contributed by atoms with Crippen molar-refractivity contribution in [1.29, 1.82) is 0 Å². The van der Waals surface area contributed by atoms with Crippen LogP contribution in [0.1, 0.15) is 24.0 Å². The van der Waals surface area contributed by atoms with E-state index in [0.29, 0.717) is 24.3 Å². The van der Waals surface area contributed by atoms with Crippen molar-refractivity contribution in [3.05, 3.63) is 64.7 Å². The van der Waals surface area contributed by atoms with Gasteiger partial charge in [0.05, 0.1) is 16.3 Å². The Hall–Kier alpha value is -2.80. The van der Waals surface area contributed by atoms with Crippen molar-refractivity contribution in [3.63, 3.8) is 0 Å². The number of nitrogens with zero attached hydrogens (tertiary/aromatic N) is 1. The Balaban J connectivity index is 1.73. The summed E-state index contributed by atoms with van der Waals surface area (Å²) < 4.78 is 38.2. The molecule has 0 aliphatic carbocycles. The fraction of sp³-hybridized carbons (Fsp3) is 0.200. The number of benzene rings is 2. The van der Waals surface area contributed by atoms with Gasteiger partial charge in [-0.15, -0.1) is 0 Å². The molecular weight excluding hydrogens is 393 g/mol. The third-order valence-corrected chi connectivity index (χ3v) is 4.56. The van der Waals surface area contributed by atoms with Crippen LogP contribution in [0.3, 0.4) is 0 Å². The van der Waals surface area contributed by atoms with Crippen molar-refractivity contribution in [2.45, 2.75) is 19.0 Å². The summed E-state index contributed by atoms with van der Waals surface area (Å²) in [5.74, 6) is -0.548. The zero-order chi connectivity index (χ0) is 20.3. The molecule has 0 radical (unpaired) electrons. The van der Waals surface area contributed by atoms with Crippen LogP contribution >= 0.6 is 11.6 Å². The summed E-state index contributed by atoms with van der Waals surface area (Å²) in [6.45, 7) is 0.600. The number of carbonyl (C=O) groups is 2. The van der Waals surface area contributed by atoms with Crippen molar-refractivity contribution >= 4 is 40.9 Å². The second-order valence-electron chi connectivity index (χ2n) is 6.26. The lowest BCUT2D eigenvalue weighted by Gasteiger charge is -2.17. The molecule has 1 N–H and O–H groups in total. The number of nitrogens with one attached hydrogen (secondary N) is 1. The van der Waals surface area contributed by atoms with Crippen LogP contribution in [0.4, 0.5) is 24.5 Å². The maximum atomic E-state index is 12.7. The Morgan fingerprint density at radius 3 is 2.64 bits per heavy atom. The molecule has 2 aromatic carbocycles. The van der Waals surface area contributed by atoms with Gasteiger partial charge in [0, 0.05) is 24.7 Å². The number of hydrogen-bond acceptors (Lipinski definition) is 2. The lowest BCUT2D eigenvalue weighted by Crippen LogP contribution is -2.23. The smallest absolute Gasteiger partial charge is 0.321 e. The monoisotopic (exact) mass is 408 g/mol. The van der Waals surface area contributed by atoms with Gasteiger partial charge < -0.3 is 10.2 Å². The maximum absolute atomic E-state index is 12.7. The molecule has 146 valence electrons. The van der Waals surface area contributed by atoms with Gasteiger partial charge in [-0.2, -0.15) is 13.2 Å². The molecule has 2 amide bonds. The first kappa shape index (κ1) is 19.9. The highest BCUT2D eigenvalue weighted by molar-refractivity contribution is 6.34. The number of rotatable bonds is 4. The van der Waals surface area contributed by atoms with Gasteiger partial charge in [0.25, 0.3) is 0 Å². The van der Waals surface area contributed by atoms with Crippen LogP contribution in [0.2, 0.25) is 5.02 Å². The molecule has 28 heavy (non-hydrogen) atoms. The third-order valence-electron chi connectivity index (χ3n) is 4.23. The van der Waals surface area contributed by atoms with Crippen molar-refractivity contribution < 1.29 is 22.8 Å². The fourth-order valence-electron chi connectivity index (χ4n) is 2.86. The SMILES string of the molecule is O=C(/C=C/c1cccc(C(F)(F)F)c1)Nc1cc(N2CCCC2=O)ccc1Cl. The molecule has 0 spiro atoms. The van der Waals surface area contributed by atoms with Gasteiger partial charge in [0.1, 0.15) is 0 Å². The Morgan fingerprint density at radius 1 is 1.18 bits per heavy atom. The minimum absolute atomic E-state index is 0.00374. The predicted octanol–water partition coefficient (Wildman–Crippen LogP) is 5.14. The van der Waals surface area contributed by atoms with Crippen molar-refractivity contribution in [2.24, 2.45) is 0 Å². The minimum atomic E-state index is -4.45. The third kappa shape index (κ3) is 4.72. The Bertz CT molecular complexity index is 941. The highest BCUT2D eigenvalue weighted by Gasteiger charge is 2.30. The van der Waals surface area contributed by atoms with E-state index in [1.165, 1.54) is 18.2 Å². The van der Waals surface area contributed by atoms with E-state index in [1.54, 1.807) is 23.1 Å². The highest BCUT2D eigenvalue weighted by atomic mass is 35.5. The Morgan fingerprint density at radius 2 is 1.96 bits per heavy atom. The lowest BCUT2D eigenvalue weighted by molar-refractivity contribution is -0.137. The van der Waals surface area contributed by atoms with Crippen LogP contribution in [-0.4, -0.2) is 18.4 Å². The van der Waals surface area contributed by atoms with Crippen molar-refractivity contribution in [2.75, 3.05) is 16.8 Å². The van der Waals surface area contributed by atoms with E-state index in [0.717, 1.165) is 24.6 Å². The molecule has 0 bridgehead atoms. The molecule has 0 aromatic heterocycles. The van der Waals surface area contributed by atoms with E-state index in [9.17, 15) is 22.8 Å². The average Bonchev–Trinajstić information content (AvgIpc) is 3.07. The van der Waals surface area contributed by atoms with Gasteiger partial charge >= 0.3 is 6.18 Å². The maximum Gasteiger partial charge on any atom is 0.416 e. The van der Waals surface area contributed by atoms with Crippen LogP contribution in [-0.2, 0) is 15.8 Å². The molecule has 3 rings (SSSR count). The summed E-state index contributed by atoms with van der Waals surface area (Å²) in [6, 6.07) is 9.52. The normalized spacial score (nSPS) is 14.7. The fourth-order valence-corrected chi connectivity index (χ4v) is 3.03. The van der Waals surface area contributed by atoms with Crippen molar-refractivity contribution in [3.8, 4) is 0 Å². The number of halogens is 4. The second-order valence-corrected chi connectivity index (χ2v) is 6.67. The molecule has 1 heterocycles. The zero-order valence-corrected chi connectivity index (χ0v) is 15.3. The molecule has 8 heteroatoms. The Kier molecular flexibility index (Phi) is 5.74. The summed E-state index contributed by atoms with van der Waals surface area (Å²) in [6.07, 6.45) is -0.800. The number of hydrogen-bond donors (Lipinski definition) is 1. The average molecular weight is 409 g/mol. The van der Waals surface area contributed by atoms with Crippen LogP contribution in [0, 0.1) is 0 Å². The van der Waals surface area contributed by atoms with E-state index in [1.807, 2.05) is 0 Å². The van der Waals surface area contributed by atoms with E-state index in [4.69, 9.17) is 11.6 Å². The van der Waals surface area contributed by atoms with Crippen LogP contribution in [0.25, 0.3) is 6.08 Å². The van der Waals surface area contributed by atoms with Crippen LogP contribution in [0.5, 0.6) is 0 Å². The van der Waals surface area contributed by atoms with E-state index in [2.05, 4.69) is 5.32 Å². The van der Waals surface area contributed by atoms with Gasteiger partial charge in [-0.1, -0.05) is 23.7 Å². The molecule has 1 fully saturated rings. The first-order valence-corrected chi connectivity index (χ1v) is 8.88. The molecule has 2 aromatic rings. The van der Waals surface area contributed by atoms with Crippen molar-refractivity contribution in [1.82, 2.24) is 0 Å². The zero-order valence-electron chi connectivity index (χ0n) is 14.6. The largest absolute Gasteiger partial charge is 0.416 e. The molecule has 1 aliphatic rings. The topological polar surface area (TPSA) is 49.4 Å². The van der Waals surface area contributed by atoms with E-state index in [-0.39, 0.29) is 16.5 Å². The first-order valence-electron chi connectivity index (χ1n) is 8.50. The molecule has 0 saturated carbocycles. The summed E-state index contributed by atoms with van der Waals surface area (Å²) in [5, 5.41) is 2.87. The van der Waals surface area contributed by atoms with Crippen LogP contribution in [0.15, 0.2) is 48.5 Å². The Labute approximate surface area is 164 Å². The molecular formula is C20H16ClF3N2O2. The van der Waals surface area contributed by atoms with Gasteiger partial charge in [-0.3, -0.25) is 9.59 Å². The molecule has 1 saturated heterocycles. The summed E-state index contributed by atoms with van der Waals surface area (Å²) in [4.78, 5) is 25.6. The van der Waals surface area contributed by atoms with E-state index < -0.39 is 17.6 Å². The predicted molar refractivity (Wildman–Crippen MR) is 102 cm³/mol. The van der Waals surface area contributed by atoms with Crippen LogP contribution < -0.4 is 10.2 Å². The second kappa shape index (κ2) is 8.06. The quantitative estimate of drug-likeness (QED) is 0.712. The standard InChI is InChI=1S/C20H16ClF3N2O2/c21-16-8-7-15(26-10-2-5-19(26)28)12-17(16)25-18(27)9-6-13-3-1-4-14(11-13)20(22,23)24/h1,3-4,6-9,11-12H,2,5,10H2,(H,25,27)/b9-6+. The van der Waals surface area contributed by atoms with Gasteiger partial charge in [-0.25, -0.2) is 0 Å². The summed E-state index contributed by atoms with van der Waals surface area (Å²) in [7, 11) is 0. The van der Waals surface area contributed by atoms with Gasteiger partial charge in [0.15, 0.2) is 0 Å². The van der Waals surface area contributed by atoms with E-state index >= 15 is 0 Å². The molecule has 0 atom stereocenters. The number of carbonyl (C=O) groups excluding carboxylic acids is 2. The molecule has 1 aliphatic heterocycles. The minimum Gasteiger partial charge on any atom is -0.321 e. The lowest BCUT2D eigenvalue weighted by atomic mass is 10.1. The summed E-state index contributed by atoms with van der Waals surface area (Å²) in [5.41, 5.74) is 0.398. The number of alkyl halides is 3. The first-order chi connectivity index (χ1) is 13.2. The molecule has 0 unspecified atom stereocenters. The highest BCUT2D eigenvalue weighted by Crippen LogP contribution is 2.31.